The molecule has 2 N–H and O–H groups in total. The van der Waals surface area contributed by atoms with Crippen molar-refractivity contribution in [1.82, 2.24) is 4.98 Å². The van der Waals surface area contributed by atoms with Gasteiger partial charge in [0.05, 0.1) is 0 Å². The molecule has 76 valence electrons. The van der Waals surface area contributed by atoms with Gasteiger partial charge in [0.2, 0.25) is 5.91 Å². The van der Waals surface area contributed by atoms with Gasteiger partial charge in [-0.15, -0.1) is 0 Å². The van der Waals surface area contributed by atoms with Gasteiger partial charge in [-0.1, -0.05) is 0 Å². The molecule has 0 saturated heterocycles. The first-order chi connectivity index (χ1) is 7.24. The van der Waals surface area contributed by atoms with Crippen LogP contribution in [0.5, 0.6) is 0 Å². The molecule has 4 nitrogen and oxygen atoms in total. The normalized spacial score (nSPS) is 15.7. The van der Waals surface area contributed by atoms with E-state index in [0.29, 0.717) is 17.0 Å². The highest BCUT2D eigenvalue weighted by atomic mass is 16.3. The molecule has 0 unspecified atom stereocenters. The van der Waals surface area contributed by atoms with E-state index in [1.54, 1.807) is 18.2 Å². The first-order valence-electron chi connectivity index (χ1n) is 4.94. The van der Waals surface area contributed by atoms with Gasteiger partial charge < -0.3 is 10.2 Å². The molecular weight excluding hydrogens is 192 g/mol. The Morgan fingerprint density at radius 1 is 1.47 bits per heavy atom. The second-order valence-electron chi connectivity index (χ2n) is 3.87. The minimum absolute atomic E-state index is 0.437. The molecule has 0 spiro atoms. The van der Waals surface area contributed by atoms with E-state index in [4.69, 9.17) is 10.2 Å². The number of primary amides is 1. The molecule has 1 aliphatic carbocycles. The van der Waals surface area contributed by atoms with Gasteiger partial charge in [0.1, 0.15) is 5.52 Å². The summed E-state index contributed by atoms with van der Waals surface area (Å²) in [6.45, 7) is 0. The maximum absolute atomic E-state index is 11.0. The van der Waals surface area contributed by atoms with E-state index in [-0.39, 0.29) is 0 Å². The lowest BCUT2D eigenvalue weighted by molar-refractivity contribution is 0.100. The van der Waals surface area contributed by atoms with Crippen LogP contribution in [0, 0.1) is 0 Å². The number of amides is 1. The quantitative estimate of drug-likeness (QED) is 0.807. The lowest BCUT2D eigenvalue weighted by Gasteiger charge is -1.92. The summed E-state index contributed by atoms with van der Waals surface area (Å²) >= 11 is 0. The maximum atomic E-state index is 11.0. The van der Waals surface area contributed by atoms with Crippen LogP contribution in [0.2, 0.25) is 0 Å². The number of nitrogens with two attached hydrogens (primary N) is 1. The number of hydrogen-bond acceptors (Lipinski definition) is 3. The van der Waals surface area contributed by atoms with Crippen LogP contribution in [0.1, 0.15) is 35.0 Å². The average Bonchev–Trinajstić information content (AvgIpc) is 2.97. The summed E-state index contributed by atoms with van der Waals surface area (Å²) in [5.41, 5.74) is 7.10. The van der Waals surface area contributed by atoms with Crippen LogP contribution in [0.4, 0.5) is 0 Å². The zero-order valence-electron chi connectivity index (χ0n) is 8.06. The second-order valence-corrected chi connectivity index (χ2v) is 3.87. The molecular formula is C11H10N2O2. The van der Waals surface area contributed by atoms with Crippen molar-refractivity contribution in [1.29, 1.82) is 0 Å². The second kappa shape index (κ2) is 2.82. The highest BCUT2D eigenvalue weighted by molar-refractivity contribution is 5.95. The van der Waals surface area contributed by atoms with Crippen LogP contribution < -0.4 is 5.73 Å². The van der Waals surface area contributed by atoms with Crippen LogP contribution >= 0.6 is 0 Å². The first kappa shape index (κ1) is 8.47. The third kappa shape index (κ3) is 1.38. The minimum atomic E-state index is -0.437. The molecule has 1 heterocycles. The molecule has 0 bridgehead atoms. The molecule has 4 heteroatoms. The van der Waals surface area contributed by atoms with Gasteiger partial charge in [-0.25, -0.2) is 4.98 Å². The van der Waals surface area contributed by atoms with E-state index >= 15 is 0 Å². The summed E-state index contributed by atoms with van der Waals surface area (Å²) in [6.07, 6.45) is 2.30. The molecule has 0 aliphatic heterocycles. The number of aromatic nitrogens is 1. The van der Waals surface area contributed by atoms with Crippen molar-refractivity contribution in [2.75, 3.05) is 0 Å². The largest absolute Gasteiger partial charge is 0.440 e. The lowest BCUT2D eigenvalue weighted by atomic mass is 10.2. The Bertz CT molecular complexity index is 541. The fourth-order valence-corrected chi connectivity index (χ4v) is 1.60. The van der Waals surface area contributed by atoms with Crippen molar-refractivity contribution < 1.29 is 9.21 Å². The number of hydrogen-bond donors (Lipinski definition) is 1. The van der Waals surface area contributed by atoms with Gasteiger partial charge in [-0.3, -0.25) is 4.79 Å². The van der Waals surface area contributed by atoms with Crippen molar-refractivity contribution in [3.63, 3.8) is 0 Å². The fourth-order valence-electron chi connectivity index (χ4n) is 1.60. The summed E-state index contributed by atoms with van der Waals surface area (Å²) in [5.74, 6) is 0.828. The van der Waals surface area contributed by atoms with Gasteiger partial charge in [-0.2, -0.15) is 0 Å². The standard InChI is InChI=1S/C11H10N2O2/c12-10(14)7-3-4-9-8(5-7)13-11(15-9)6-1-2-6/h3-6H,1-2H2,(H2,12,14). The Hall–Kier alpha value is -1.84. The number of nitrogens with zero attached hydrogens (tertiary/aromatic N) is 1. The number of rotatable bonds is 2. The van der Waals surface area contributed by atoms with Gasteiger partial charge in [0.25, 0.3) is 0 Å². The number of benzene rings is 1. The Morgan fingerprint density at radius 2 is 2.27 bits per heavy atom. The van der Waals surface area contributed by atoms with E-state index in [0.717, 1.165) is 24.3 Å². The van der Waals surface area contributed by atoms with Crippen LogP contribution in [-0.2, 0) is 0 Å². The average molecular weight is 202 g/mol. The predicted molar refractivity (Wildman–Crippen MR) is 54.5 cm³/mol. The van der Waals surface area contributed by atoms with Gasteiger partial charge in [-0.05, 0) is 31.0 Å². The van der Waals surface area contributed by atoms with E-state index in [1.165, 1.54) is 0 Å². The van der Waals surface area contributed by atoms with E-state index in [9.17, 15) is 4.79 Å². The van der Waals surface area contributed by atoms with Crippen molar-refractivity contribution >= 4 is 17.0 Å². The highest BCUT2D eigenvalue weighted by Crippen LogP contribution is 2.40. The van der Waals surface area contributed by atoms with Gasteiger partial charge in [0.15, 0.2) is 11.5 Å². The molecule has 15 heavy (non-hydrogen) atoms. The summed E-state index contributed by atoms with van der Waals surface area (Å²) < 4.78 is 5.56. The number of oxazole rings is 1. The molecule has 0 radical (unpaired) electrons. The van der Waals surface area contributed by atoms with E-state index < -0.39 is 5.91 Å². The summed E-state index contributed by atoms with van der Waals surface area (Å²) in [6, 6.07) is 5.08. The molecule has 3 rings (SSSR count). The SMILES string of the molecule is NC(=O)c1ccc2oc(C3CC3)nc2c1. The summed E-state index contributed by atoms with van der Waals surface area (Å²) in [5, 5.41) is 0. The van der Waals surface area contributed by atoms with E-state index in [1.807, 2.05) is 0 Å². The molecule has 1 fully saturated rings. The smallest absolute Gasteiger partial charge is 0.248 e. The fraction of sp³-hybridized carbons (Fsp3) is 0.273. The topological polar surface area (TPSA) is 69.1 Å². The van der Waals surface area contributed by atoms with Crippen molar-refractivity contribution in [2.45, 2.75) is 18.8 Å². The molecule has 1 saturated carbocycles. The zero-order valence-corrected chi connectivity index (χ0v) is 8.06. The number of fused-ring (bicyclic) bond motifs is 1. The lowest BCUT2D eigenvalue weighted by Crippen LogP contribution is -2.10. The Kier molecular flexibility index (Phi) is 1.59. The van der Waals surface area contributed by atoms with Crippen LogP contribution in [0.15, 0.2) is 22.6 Å². The number of carbonyl (C=O) groups is 1. The third-order valence-electron chi connectivity index (χ3n) is 2.62. The monoisotopic (exact) mass is 202 g/mol. The molecule has 0 atom stereocenters. The molecule has 2 aromatic rings. The summed E-state index contributed by atoms with van der Waals surface area (Å²) in [4.78, 5) is 15.3. The Labute approximate surface area is 86.1 Å². The molecule has 1 aromatic carbocycles. The molecule has 1 aliphatic rings. The minimum Gasteiger partial charge on any atom is -0.440 e. The van der Waals surface area contributed by atoms with Crippen molar-refractivity contribution in [2.24, 2.45) is 5.73 Å². The van der Waals surface area contributed by atoms with Crippen LogP contribution in [0.3, 0.4) is 0 Å². The first-order valence-corrected chi connectivity index (χ1v) is 4.94. The Morgan fingerprint density at radius 3 is 2.93 bits per heavy atom. The third-order valence-corrected chi connectivity index (χ3v) is 2.62. The zero-order chi connectivity index (χ0) is 10.4. The molecule has 1 aromatic heterocycles. The van der Waals surface area contributed by atoms with E-state index in [2.05, 4.69) is 4.98 Å². The van der Waals surface area contributed by atoms with Crippen molar-refractivity contribution in [3.8, 4) is 0 Å². The predicted octanol–water partition coefficient (Wildman–Crippen LogP) is 1.80. The Balaban J connectivity index is 2.13. The molecule has 1 amide bonds. The van der Waals surface area contributed by atoms with Gasteiger partial charge in [0, 0.05) is 11.5 Å². The number of carbonyl (C=O) groups excluding carboxylic acids is 1. The maximum Gasteiger partial charge on any atom is 0.248 e. The van der Waals surface area contributed by atoms with Gasteiger partial charge >= 0.3 is 0 Å². The summed E-state index contributed by atoms with van der Waals surface area (Å²) in [7, 11) is 0. The van der Waals surface area contributed by atoms with Crippen LogP contribution in [0.25, 0.3) is 11.1 Å². The van der Waals surface area contributed by atoms with Crippen molar-refractivity contribution in [3.05, 3.63) is 29.7 Å². The highest BCUT2D eigenvalue weighted by Gasteiger charge is 2.28. The van der Waals surface area contributed by atoms with Crippen LogP contribution in [-0.4, -0.2) is 10.9 Å².